The van der Waals surface area contributed by atoms with Crippen LogP contribution >= 0.6 is 0 Å². The molecular weight excluding hydrogens is 252 g/mol. The molecule has 0 atom stereocenters. The number of aromatic amines is 1. The molecule has 1 fully saturated rings. The highest BCUT2D eigenvalue weighted by molar-refractivity contribution is 5.77. The van der Waals surface area contributed by atoms with Gasteiger partial charge in [-0.2, -0.15) is 0 Å². The maximum atomic E-state index is 11.8. The van der Waals surface area contributed by atoms with E-state index in [1.807, 2.05) is 36.1 Å². The molecule has 0 saturated carbocycles. The molecule has 1 saturated heterocycles. The van der Waals surface area contributed by atoms with Crippen LogP contribution in [0.2, 0.25) is 0 Å². The molecule has 0 aliphatic carbocycles. The van der Waals surface area contributed by atoms with Crippen molar-refractivity contribution in [2.75, 3.05) is 31.1 Å². The molecule has 3 rings (SSSR count). The smallest absolute Gasteiger partial charge is 0.222 e. The molecule has 0 spiro atoms. The van der Waals surface area contributed by atoms with E-state index < -0.39 is 0 Å². The number of H-pyrrole nitrogens is 1. The highest BCUT2D eigenvalue weighted by Gasteiger charge is 2.19. The number of rotatable bonds is 2. The normalized spacial score (nSPS) is 16.4. The minimum atomic E-state index is 0.247. The van der Waals surface area contributed by atoms with Gasteiger partial charge in [0.15, 0.2) is 0 Å². The van der Waals surface area contributed by atoms with E-state index in [-0.39, 0.29) is 5.91 Å². The molecule has 0 unspecified atom stereocenters. The van der Waals surface area contributed by atoms with Gasteiger partial charge in [0, 0.05) is 32.6 Å². The van der Waals surface area contributed by atoms with Gasteiger partial charge in [-0.15, -0.1) is 0 Å². The lowest BCUT2D eigenvalue weighted by molar-refractivity contribution is -0.130. The Morgan fingerprint density at radius 3 is 2.90 bits per heavy atom. The van der Waals surface area contributed by atoms with Gasteiger partial charge in [-0.05, 0) is 18.6 Å². The maximum Gasteiger partial charge on any atom is 0.222 e. The SMILES string of the molecule is CCC(=O)N1CCCN(c2nc3ccccc3[nH]2)CC1. The number of nitrogens with one attached hydrogen (secondary N) is 1. The molecule has 2 heterocycles. The van der Waals surface area contributed by atoms with Crippen molar-refractivity contribution in [3.8, 4) is 0 Å². The number of imidazole rings is 1. The third-order valence-corrected chi connectivity index (χ3v) is 3.83. The van der Waals surface area contributed by atoms with Gasteiger partial charge in [0.25, 0.3) is 0 Å². The first-order valence-corrected chi connectivity index (χ1v) is 7.25. The number of nitrogens with zero attached hydrogens (tertiary/aromatic N) is 3. The first-order chi connectivity index (χ1) is 9.78. The topological polar surface area (TPSA) is 52.2 Å². The highest BCUT2D eigenvalue weighted by atomic mass is 16.2. The summed E-state index contributed by atoms with van der Waals surface area (Å²) in [5, 5.41) is 0. The summed E-state index contributed by atoms with van der Waals surface area (Å²) in [6.07, 6.45) is 1.58. The third kappa shape index (κ3) is 2.48. The molecule has 2 aromatic rings. The molecule has 1 aliphatic heterocycles. The monoisotopic (exact) mass is 272 g/mol. The van der Waals surface area contributed by atoms with E-state index in [1.165, 1.54) is 0 Å². The van der Waals surface area contributed by atoms with E-state index >= 15 is 0 Å². The summed E-state index contributed by atoms with van der Waals surface area (Å²) < 4.78 is 0. The van der Waals surface area contributed by atoms with Crippen LogP contribution in [0.5, 0.6) is 0 Å². The Hall–Kier alpha value is -2.04. The number of fused-ring (bicyclic) bond motifs is 1. The van der Waals surface area contributed by atoms with Crippen LogP contribution in [0.15, 0.2) is 24.3 Å². The summed E-state index contributed by atoms with van der Waals surface area (Å²) in [6.45, 7) is 5.33. The molecule has 1 amide bonds. The zero-order chi connectivity index (χ0) is 13.9. The number of carbonyl (C=O) groups is 1. The van der Waals surface area contributed by atoms with Crippen LogP contribution in [0.25, 0.3) is 11.0 Å². The number of amides is 1. The molecule has 5 nitrogen and oxygen atoms in total. The number of benzene rings is 1. The largest absolute Gasteiger partial charge is 0.341 e. The molecule has 106 valence electrons. The second kappa shape index (κ2) is 5.53. The predicted molar refractivity (Wildman–Crippen MR) is 79.8 cm³/mol. The fraction of sp³-hybridized carbons (Fsp3) is 0.467. The van der Waals surface area contributed by atoms with Gasteiger partial charge < -0.3 is 14.8 Å². The lowest BCUT2D eigenvalue weighted by Gasteiger charge is -2.21. The number of para-hydroxylation sites is 2. The molecule has 1 N–H and O–H groups in total. The third-order valence-electron chi connectivity index (χ3n) is 3.83. The minimum Gasteiger partial charge on any atom is -0.341 e. The Bertz CT molecular complexity index is 574. The summed E-state index contributed by atoms with van der Waals surface area (Å²) in [7, 11) is 0. The van der Waals surface area contributed by atoms with Crippen LogP contribution in [-0.2, 0) is 4.79 Å². The van der Waals surface area contributed by atoms with E-state index in [2.05, 4.69) is 14.9 Å². The zero-order valence-corrected chi connectivity index (χ0v) is 11.8. The van der Waals surface area contributed by atoms with Gasteiger partial charge in [0.05, 0.1) is 11.0 Å². The fourth-order valence-electron chi connectivity index (χ4n) is 2.69. The molecule has 1 aromatic heterocycles. The van der Waals surface area contributed by atoms with Crippen molar-refractivity contribution in [3.05, 3.63) is 24.3 Å². The highest BCUT2D eigenvalue weighted by Crippen LogP contribution is 2.18. The number of carbonyl (C=O) groups excluding carboxylic acids is 1. The van der Waals surface area contributed by atoms with Crippen molar-refractivity contribution in [3.63, 3.8) is 0 Å². The van der Waals surface area contributed by atoms with Gasteiger partial charge in [0.2, 0.25) is 11.9 Å². The molecule has 1 aliphatic rings. The lowest BCUT2D eigenvalue weighted by atomic mass is 10.3. The molecule has 5 heteroatoms. The Kier molecular flexibility index (Phi) is 3.58. The Morgan fingerprint density at radius 2 is 2.10 bits per heavy atom. The summed E-state index contributed by atoms with van der Waals surface area (Å²) in [5.41, 5.74) is 2.06. The average Bonchev–Trinajstić information content (AvgIpc) is 2.75. The fourth-order valence-corrected chi connectivity index (χ4v) is 2.69. The van der Waals surface area contributed by atoms with Crippen LogP contribution in [0.4, 0.5) is 5.95 Å². The molecule has 0 radical (unpaired) electrons. The van der Waals surface area contributed by atoms with Crippen LogP contribution in [-0.4, -0.2) is 47.0 Å². The van der Waals surface area contributed by atoms with Crippen molar-refractivity contribution < 1.29 is 4.79 Å². The summed E-state index contributed by atoms with van der Waals surface area (Å²) in [5.74, 6) is 1.16. The van der Waals surface area contributed by atoms with E-state index in [0.29, 0.717) is 6.42 Å². The van der Waals surface area contributed by atoms with Gasteiger partial charge in [-0.1, -0.05) is 19.1 Å². The molecule has 0 bridgehead atoms. The summed E-state index contributed by atoms with van der Waals surface area (Å²) in [6, 6.07) is 8.06. The van der Waals surface area contributed by atoms with Crippen LogP contribution in [0.1, 0.15) is 19.8 Å². The van der Waals surface area contributed by atoms with Crippen molar-refractivity contribution in [1.82, 2.24) is 14.9 Å². The number of hydrogen-bond donors (Lipinski definition) is 1. The maximum absolute atomic E-state index is 11.8. The standard InChI is InChI=1S/C15H20N4O/c1-2-14(20)18-8-5-9-19(11-10-18)15-16-12-6-3-4-7-13(12)17-15/h3-4,6-7H,2,5,8-11H2,1H3,(H,16,17). The second-order valence-corrected chi connectivity index (χ2v) is 5.15. The van der Waals surface area contributed by atoms with E-state index in [1.54, 1.807) is 0 Å². The zero-order valence-electron chi connectivity index (χ0n) is 11.8. The number of anilines is 1. The van der Waals surface area contributed by atoms with E-state index in [4.69, 9.17) is 0 Å². The summed E-state index contributed by atoms with van der Waals surface area (Å²) >= 11 is 0. The van der Waals surface area contributed by atoms with E-state index in [9.17, 15) is 4.79 Å². The molecule has 1 aromatic carbocycles. The van der Waals surface area contributed by atoms with Crippen molar-refractivity contribution in [2.24, 2.45) is 0 Å². The average molecular weight is 272 g/mol. The summed E-state index contributed by atoms with van der Waals surface area (Å²) in [4.78, 5) is 24.0. The minimum absolute atomic E-state index is 0.247. The van der Waals surface area contributed by atoms with Gasteiger partial charge in [-0.25, -0.2) is 4.98 Å². The van der Waals surface area contributed by atoms with E-state index in [0.717, 1.165) is 49.6 Å². The van der Waals surface area contributed by atoms with Gasteiger partial charge in [-0.3, -0.25) is 4.79 Å². The second-order valence-electron chi connectivity index (χ2n) is 5.15. The van der Waals surface area contributed by atoms with Crippen LogP contribution in [0, 0.1) is 0 Å². The Labute approximate surface area is 118 Å². The lowest BCUT2D eigenvalue weighted by Crippen LogP contribution is -2.35. The van der Waals surface area contributed by atoms with Gasteiger partial charge in [0.1, 0.15) is 0 Å². The van der Waals surface area contributed by atoms with Crippen LogP contribution < -0.4 is 4.90 Å². The number of hydrogen-bond acceptors (Lipinski definition) is 3. The first kappa shape index (κ1) is 13.0. The van der Waals surface area contributed by atoms with Crippen molar-refractivity contribution in [1.29, 1.82) is 0 Å². The Balaban J connectivity index is 1.76. The van der Waals surface area contributed by atoms with Crippen molar-refractivity contribution in [2.45, 2.75) is 19.8 Å². The van der Waals surface area contributed by atoms with Crippen molar-refractivity contribution >= 4 is 22.9 Å². The first-order valence-electron chi connectivity index (χ1n) is 7.25. The Morgan fingerprint density at radius 1 is 1.25 bits per heavy atom. The molecule has 20 heavy (non-hydrogen) atoms. The van der Waals surface area contributed by atoms with Crippen LogP contribution in [0.3, 0.4) is 0 Å². The quantitative estimate of drug-likeness (QED) is 0.910. The molecular formula is C15H20N4O. The predicted octanol–water partition coefficient (Wildman–Crippen LogP) is 2.01. The van der Waals surface area contributed by atoms with Gasteiger partial charge >= 0.3 is 0 Å². The number of aromatic nitrogens is 2.